The first kappa shape index (κ1) is 24.1. The van der Waals surface area contributed by atoms with E-state index in [9.17, 15) is 5.11 Å². The topological polar surface area (TPSA) is 84.6 Å². The molecule has 28 heavy (non-hydrogen) atoms. The predicted octanol–water partition coefficient (Wildman–Crippen LogP) is 3.00. The van der Waals surface area contributed by atoms with Gasteiger partial charge in [-0.2, -0.15) is 10.1 Å². The molecule has 0 aromatic carbocycles. The molecule has 1 atom stereocenters. The molecular weight excluding hydrogens is 376 g/mol. The van der Waals surface area contributed by atoms with Crippen LogP contribution in [0.2, 0.25) is 0 Å². The quantitative estimate of drug-likeness (QED) is 0.224. The summed E-state index contributed by atoms with van der Waals surface area (Å²) in [6, 6.07) is 0.254. The summed E-state index contributed by atoms with van der Waals surface area (Å²) in [7, 11) is 1.85. The molecule has 1 aliphatic rings. The highest BCUT2D eigenvalue weighted by Crippen LogP contribution is 2.18. The lowest BCUT2D eigenvalue weighted by molar-refractivity contribution is 0.264. The fourth-order valence-corrected chi connectivity index (χ4v) is 2.55. The van der Waals surface area contributed by atoms with Crippen LogP contribution in [0, 0.1) is 0 Å². The summed E-state index contributed by atoms with van der Waals surface area (Å²) in [6.07, 6.45) is 10.0. The SMILES string of the molecule is C=C/N=C(\N=C(/CC)N(C)/N=C\CNC(CO)C(/C=C(\C)Cl)=C/C)NC1CC1. The van der Waals surface area contributed by atoms with Gasteiger partial charge in [0.05, 0.1) is 12.6 Å². The number of hydrogen-bond donors (Lipinski definition) is 3. The van der Waals surface area contributed by atoms with E-state index in [4.69, 9.17) is 11.6 Å². The molecule has 1 saturated carbocycles. The van der Waals surface area contributed by atoms with Gasteiger partial charge in [0.15, 0.2) is 0 Å². The van der Waals surface area contributed by atoms with E-state index in [-0.39, 0.29) is 12.6 Å². The van der Waals surface area contributed by atoms with Crippen LogP contribution in [0.15, 0.2) is 50.6 Å². The summed E-state index contributed by atoms with van der Waals surface area (Å²) in [5.74, 6) is 1.36. The average molecular weight is 409 g/mol. The number of allylic oxidation sites excluding steroid dienone is 2. The van der Waals surface area contributed by atoms with Crippen LogP contribution < -0.4 is 10.6 Å². The fourth-order valence-electron chi connectivity index (χ4n) is 2.43. The lowest BCUT2D eigenvalue weighted by Gasteiger charge is -2.18. The van der Waals surface area contributed by atoms with Crippen LogP contribution >= 0.6 is 11.6 Å². The maximum Gasteiger partial charge on any atom is 0.224 e. The highest BCUT2D eigenvalue weighted by molar-refractivity contribution is 6.29. The van der Waals surface area contributed by atoms with Crippen molar-refractivity contribution in [2.45, 2.75) is 52.1 Å². The number of aliphatic hydroxyl groups is 1. The van der Waals surface area contributed by atoms with Crippen LogP contribution in [0.4, 0.5) is 0 Å². The summed E-state index contributed by atoms with van der Waals surface area (Å²) >= 11 is 5.95. The van der Waals surface area contributed by atoms with E-state index in [0.717, 1.165) is 24.3 Å². The zero-order valence-corrected chi connectivity index (χ0v) is 18.1. The fraction of sp³-hybridized carbons (Fsp3) is 0.550. The molecule has 0 aromatic heterocycles. The van der Waals surface area contributed by atoms with E-state index < -0.39 is 0 Å². The Labute approximate surface area is 173 Å². The molecule has 1 fully saturated rings. The molecule has 156 valence electrons. The molecule has 0 bridgehead atoms. The summed E-state index contributed by atoms with van der Waals surface area (Å²) < 4.78 is 0. The Morgan fingerprint density at radius 1 is 1.43 bits per heavy atom. The maximum absolute atomic E-state index is 9.62. The van der Waals surface area contributed by atoms with Crippen molar-refractivity contribution in [3.8, 4) is 0 Å². The van der Waals surface area contributed by atoms with Gasteiger partial charge < -0.3 is 15.7 Å². The van der Waals surface area contributed by atoms with Crippen molar-refractivity contribution in [3.63, 3.8) is 0 Å². The molecule has 8 heteroatoms. The zero-order chi connectivity index (χ0) is 20.9. The molecule has 0 saturated heterocycles. The van der Waals surface area contributed by atoms with E-state index in [1.54, 1.807) is 11.2 Å². The summed E-state index contributed by atoms with van der Waals surface area (Å²) in [4.78, 5) is 8.77. The third-order valence-corrected chi connectivity index (χ3v) is 4.15. The molecule has 0 heterocycles. The van der Waals surface area contributed by atoms with Crippen molar-refractivity contribution in [1.29, 1.82) is 0 Å². The number of nitrogens with one attached hydrogen (secondary N) is 2. The number of nitrogens with zero attached hydrogens (tertiary/aromatic N) is 4. The van der Waals surface area contributed by atoms with Gasteiger partial charge in [-0.25, -0.2) is 4.99 Å². The molecule has 1 unspecified atom stereocenters. The number of aliphatic hydroxyl groups excluding tert-OH is 1. The van der Waals surface area contributed by atoms with Crippen molar-refractivity contribution in [3.05, 3.63) is 35.5 Å². The standard InChI is InChI=1S/C20H33ClN6O/c1-6-16(13-15(4)21)18(14-28)23-11-12-24-27(5)19(7-2)26-20(22-8-3)25-17-9-10-17/h6,8,12-13,17-18,23,28H,3,7,9-11,14H2,1-2,4-5H3,(H,22,25)/b15-13+,16-6+,24-12-,26-19+. The second-order valence-electron chi connectivity index (χ2n) is 6.42. The minimum atomic E-state index is -0.205. The first-order valence-corrected chi connectivity index (χ1v) is 9.96. The highest BCUT2D eigenvalue weighted by Gasteiger charge is 2.22. The van der Waals surface area contributed by atoms with Crippen molar-refractivity contribution < 1.29 is 5.11 Å². The van der Waals surface area contributed by atoms with Crippen LogP contribution in [-0.2, 0) is 0 Å². The van der Waals surface area contributed by atoms with Gasteiger partial charge in [-0.15, -0.1) is 0 Å². The third-order valence-electron chi connectivity index (χ3n) is 4.04. The van der Waals surface area contributed by atoms with Gasteiger partial charge in [0.2, 0.25) is 5.96 Å². The van der Waals surface area contributed by atoms with Crippen LogP contribution in [0.1, 0.15) is 40.0 Å². The molecular formula is C20H33ClN6O. The van der Waals surface area contributed by atoms with Crippen LogP contribution in [0.3, 0.4) is 0 Å². The monoisotopic (exact) mass is 408 g/mol. The van der Waals surface area contributed by atoms with Crippen LogP contribution in [0.25, 0.3) is 0 Å². The zero-order valence-electron chi connectivity index (χ0n) is 17.3. The van der Waals surface area contributed by atoms with Crippen LogP contribution in [-0.4, -0.2) is 60.4 Å². The number of amidine groups is 1. The largest absolute Gasteiger partial charge is 0.394 e. The normalized spacial score (nSPS) is 17.8. The number of halogens is 1. The van der Waals surface area contributed by atoms with Crippen molar-refractivity contribution in [1.82, 2.24) is 15.6 Å². The van der Waals surface area contributed by atoms with Crippen molar-refractivity contribution in [2.24, 2.45) is 15.1 Å². The summed E-state index contributed by atoms with van der Waals surface area (Å²) in [6.45, 7) is 9.86. The van der Waals surface area contributed by atoms with Crippen LogP contribution in [0.5, 0.6) is 0 Å². The summed E-state index contributed by atoms with van der Waals surface area (Å²) in [5.41, 5.74) is 0.934. The Morgan fingerprint density at radius 2 is 2.14 bits per heavy atom. The van der Waals surface area contributed by atoms with E-state index >= 15 is 0 Å². The highest BCUT2D eigenvalue weighted by atomic mass is 35.5. The number of hydrogen-bond acceptors (Lipinski definition) is 4. The lowest BCUT2D eigenvalue weighted by atomic mass is 10.1. The third kappa shape index (κ3) is 9.30. The Balaban J connectivity index is 2.67. The molecule has 0 spiro atoms. The second kappa shape index (κ2) is 13.3. The molecule has 0 amide bonds. The van der Waals surface area contributed by atoms with Gasteiger partial charge in [-0.3, -0.25) is 5.01 Å². The molecule has 0 radical (unpaired) electrons. The van der Waals surface area contributed by atoms with Gasteiger partial charge in [-0.05, 0) is 38.3 Å². The first-order chi connectivity index (χ1) is 13.4. The Bertz CT molecular complexity index is 645. The number of aliphatic imine (C=N–C) groups is 2. The van der Waals surface area contributed by atoms with Gasteiger partial charge in [0.1, 0.15) is 5.84 Å². The van der Waals surface area contributed by atoms with E-state index in [2.05, 4.69) is 32.3 Å². The van der Waals surface area contributed by atoms with Gasteiger partial charge >= 0.3 is 0 Å². The Kier molecular flexibility index (Phi) is 11.4. The molecule has 0 aliphatic heterocycles. The Morgan fingerprint density at radius 3 is 2.64 bits per heavy atom. The molecule has 3 N–H and O–H groups in total. The van der Waals surface area contributed by atoms with E-state index in [1.807, 2.05) is 40.0 Å². The first-order valence-electron chi connectivity index (χ1n) is 9.58. The maximum atomic E-state index is 9.62. The number of guanidine groups is 1. The minimum Gasteiger partial charge on any atom is -0.394 e. The molecule has 1 aliphatic carbocycles. The van der Waals surface area contributed by atoms with Crippen molar-refractivity contribution >= 4 is 29.6 Å². The lowest BCUT2D eigenvalue weighted by Crippen LogP contribution is -2.35. The average Bonchev–Trinajstić information content (AvgIpc) is 3.48. The number of rotatable bonds is 10. The minimum absolute atomic E-state index is 0.0279. The number of hydrazone groups is 1. The van der Waals surface area contributed by atoms with Crippen molar-refractivity contribution in [2.75, 3.05) is 20.2 Å². The molecule has 1 rings (SSSR count). The van der Waals surface area contributed by atoms with E-state index in [0.29, 0.717) is 30.0 Å². The molecule has 0 aromatic rings. The smallest absolute Gasteiger partial charge is 0.224 e. The van der Waals surface area contributed by atoms with Gasteiger partial charge in [-0.1, -0.05) is 31.2 Å². The van der Waals surface area contributed by atoms with Gasteiger partial charge in [0, 0.05) is 43.5 Å². The molecule has 7 nitrogen and oxygen atoms in total. The van der Waals surface area contributed by atoms with E-state index in [1.165, 1.54) is 6.20 Å². The second-order valence-corrected chi connectivity index (χ2v) is 7.02. The Hall–Kier alpha value is -1.96. The summed E-state index contributed by atoms with van der Waals surface area (Å²) in [5, 5.41) is 23.0. The predicted molar refractivity (Wildman–Crippen MR) is 120 cm³/mol. The van der Waals surface area contributed by atoms with Gasteiger partial charge in [0.25, 0.3) is 0 Å².